The van der Waals surface area contributed by atoms with E-state index in [9.17, 15) is 4.79 Å². The third kappa shape index (κ3) is 8.49. The van der Waals surface area contributed by atoms with Gasteiger partial charge in [-0.05, 0) is 71.9 Å². The van der Waals surface area contributed by atoms with Crippen LogP contribution < -0.4 is 9.47 Å². The van der Waals surface area contributed by atoms with Crippen molar-refractivity contribution in [3.8, 4) is 17.4 Å². The van der Waals surface area contributed by atoms with Gasteiger partial charge in [-0.3, -0.25) is 9.69 Å². The summed E-state index contributed by atoms with van der Waals surface area (Å²) in [6.45, 7) is 12.9. The maximum absolute atomic E-state index is 12.9. The molecule has 0 bridgehead atoms. The van der Waals surface area contributed by atoms with Crippen molar-refractivity contribution in [3.05, 3.63) is 123 Å². The van der Waals surface area contributed by atoms with Gasteiger partial charge in [0.05, 0.1) is 11.2 Å². The summed E-state index contributed by atoms with van der Waals surface area (Å²) in [7, 11) is 0. The minimum atomic E-state index is 0.00756. The summed E-state index contributed by atoms with van der Waals surface area (Å²) in [5, 5.41) is 0.453. The number of halogens is 1. The van der Waals surface area contributed by atoms with Crippen LogP contribution in [0.25, 0.3) is 6.08 Å². The first kappa shape index (κ1) is 31.3. The minimum absolute atomic E-state index is 0.00756. The highest BCUT2D eigenvalue weighted by Crippen LogP contribution is 2.34. The predicted octanol–water partition coefficient (Wildman–Crippen LogP) is 8.20. The molecule has 5 rings (SSSR count). The zero-order valence-corrected chi connectivity index (χ0v) is 26.7. The Labute approximate surface area is 265 Å². The highest BCUT2D eigenvalue weighted by molar-refractivity contribution is 6.32. The lowest BCUT2D eigenvalue weighted by atomic mass is 10.0. The van der Waals surface area contributed by atoms with Crippen LogP contribution in [0.3, 0.4) is 0 Å². The van der Waals surface area contributed by atoms with E-state index in [0.29, 0.717) is 48.0 Å². The monoisotopic (exact) mass is 609 g/mol. The van der Waals surface area contributed by atoms with E-state index in [1.807, 2.05) is 30.0 Å². The van der Waals surface area contributed by atoms with Gasteiger partial charge in [-0.25, -0.2) is 4.98 Å². The van der Waals surface area contributed by atoms with Gasteiger partial charge in [0, 0.05) is 44.9 Å². The summed E-state index contributed by atoms with van der Waals surface area (Å²) in [6, 6.07) is 24.4. The first-order valence-corrected chi connectivity index (χ1v) is 15.5. The average Bonchev–Trinajstić information content (AvgIpc) is 3.03. The highest BCUT2D eigenvalue weighted by Gasteiger charge is 2.20. The summed E-state index contributed by atoms with van der Waals surface area (Å²) in [5.74, 6) is 2.12. The molecule has 3 aromatic carbocycles. The van der Waals surface area contributed by atoms with Crippen LogP contribution >= 0.6 is 11.6 Å². The molecule has 44 heavy (non-hydrogen) atoms. The molecule has 0 unspecified atom stereocenters. The number of hydrogen-bond acceptors (Lipinski definition) is 5. The van der Waals surface area contributed by atoms with Gasteiger partial charge in [0.2, 0.25) is 11.8 Å². The second kappa shape index (κ2) is 14.6. The number of benzene rings is 3. The third-order valence-corrected chi connectivity index (χ3v) is 8.13. The van der Waals surface area contributed by atoms with E-state index in [4.69, 9.17) is 21.1 Å². The SMILES string of the molecule is Cc1ccc(CN2CCN(C(=O)C=Cc3cc(C)c(Oc4ccc(OCc5ccc(C(C)C)cc5)cn4)c(Cl)c3)CC2)cc1. The molecule has 0 aliphatic carbocycles. The second-order valence-electron chi connectivity index (χ2n) is 11.7. The molecule has 0 saturated carbocycles. The number of ether oxygens (including phenoxy) is 2. The maximum atomic E-state index is 12.9. The van der Waals surface area contributed by atoms with Crippen LogP contribution in [0.5, 0.6) is 17.4 Å². The van der Waals surface area contributed by atoms with E-state index < -0.39 is 0 Å². The van der Waals surface area contributed by atoms with Gasteiger partial charge in [0.25, 0.3) is 0 Å². The van der Waals surface area contributed by atoms with E-state index in [1.54, 1.807) is 24.4 Å². The molecule has 2 heterocycles. The van der Waals surface area contributed by atoms with Gasteiger partial charge in [0.15, 0.2) is 5.75 Å². The quantitative estimate of drug-likeness (QED) is 0.170. The Hall–Kier alpha value is -4.13. The number of pyridine rings is 1. The standard InChI is InChI=1S/C37H40ClN3O3/c1-26(2)32-12-9-30(10-13-32)25-43-33-14-15-35(39-23-33)44-37-28(4)21-31(22-34(37)38)11-16-36(42)41-19-17-40(18-20-41)24-29-7-5-27(3)6-8-29/h5-16,21-23,26H,17-20,24-25H2,1-4H3. The van der Waals surface area contributed by atoms with Crippen LogP contribution in [-0.4, -0.2) is 46.9 Å². The molecule has 228 valence electrons. The molecule has 1 aliphatic rings. The molecule has 1 amide bonds. The van der Waals surface area contributed by atoms with Crippen molar-refractivity contribution in [2.45, 2.75) is 46.8 Å². The Balaban J connectivity index is 1.11. The molecule has 1 saturated heterocycles. The van der Waals surface area contributed by atoms with Crippen LogP contribution in [0.2, 0.25) is 5.02 Å². The van der Waals surface area contributed by atoms with E-state index in [2.05, 4.69) is 79.2 Å². The fraction of sp³-hybridized carbons (Fsp3) is 0.297. The molecular formula is C37H40ClN3O3. The molecule has 1 aromatic heterocycles. The van der Waals surface area contributed by atoms with Crippen LogP contribution in [0.4, 0.5) is 0 Å². The molecule has 7 heteroatoms. The predicted molar refractivity (Wildman–Crippen MR) is 177 cm³/mol. The second-order valence-corrected chi connectivity index (χ2v) is 12.1. The molecule has 0 atom stereocenters. The van der Waals surface area contributed by atoms with Crippen LogP contribution in [0.15, 0.2) is 85.1 Å². The smallest absolute Gasteiger partial charge is 0.246 e. The van der Waals surface area contributed by atoms with Crippen molar-refractivity contribution >= 4 is 23.6 Å². The van der Waals surface area contributed by atoms with Gasteiger partial charge in [-0.2, -0.15) is 0 Å². The molecule has 0 N–H and O–H groups in total. The molecule has 0 spiro atoms. The normalized spacial score (nSPS) is 13.9. The van der Waals surface area contributed by atoms with E-state index >= 15 is 0 Å². The summed E-state index contributed by atoms with van der Waals surface area (Å²) >= 11 is 6.61. The fourth-order valence-electron chi connectivity index (χ4n) is 5.12. The van der Waals surface area contributed by atoms with Crippen LogP contribution in [0.1, 0.15) is 53.1 Å². The lowest BCUT2D eigenvalue weighted by Crippen LogP contribution is -2.47. The summed E-state index contributed by atoms with van der Waals surface area (Å²) in [4.78, 5) is 21.6. The largest absolute Gasteiger partial charge is 0.487 e. The van der Waals surface area contributed by atoms with Gasteiger partial charge < -0.3 is 14.4 Å². The number of carbonyl (C=O) groups excluding carboxylic acids is 1. The Kier molecular flexibility index (Phi) is 10.4. The van der Waals surface area contributed by atoms with Gasteiger partial charge >= 0.3 is 0 Å². The van der Waals surface area contributed by atoms with Gasteiger partial charge in [0.1, 0.15) is 12.4 Å². The number of amides is 1. The maximum Gasteiger partial charge on any atom is 0.246 e. The zero-order chi connectivity index (χ0) is 31.1. The number of aromatic nitrogens is 1. The molecule has 1 aliphatic heterocycles. The molecule has 6 nitrogen and oxygen atoms in total. The molecule has 1 fully saturated rings. The van der Waals surface area contributed by atoms with Crippen molar-refractivity contribution in [1.29, 1.82) is 0 Å². The van der Waals surface area contributed by atoms with Crippen LogP contribution in [0, 0.1) is 13.8 Å². The van der Waals surface area contributed by atoms with Gasteiger partial charge in [-0.15, -0.1) is 0 Å². The number of piperazine rings is 1. The highest BCUT2D eigenvalue weighted by atomic mass is 35.5. The lowest BCUT2D eigenvalue weighted by molar-refractivity contribution is -0.127. The van der Waals surface area contributed by atoms with E-state index in [1.165, 1.54) is 16.7 Å². The van der Waals surface area contributed by atoms with Crippen molar-refractivity contribution in [3.63, 3.8) is 0 Å². The van der Waals surface area contributed by atoms with Crippen molar-refractivity contribution in [2.75, 3.05) is 26.2 Å². The third-order valence-electron chi connectivity index (χ3n) is 7.85. The number of rotatable bonds is 10. The molecule has 4 aromatic rings. The van der Waals surface area contributed by atoms with Crippen molar-refractivity contribution < 1.29 is 14.3 Å². The zero-order valence-electron chi connectivity index (χ0n) is 25.9. The summed E-state index contributed by atoms with van der Waals surface area (Å²) in [5.41, 5.74) is 6.66. The fourth-order valence-corrected chi connectivity index (χ4v) is 5.43. The number of nitrogens with zero attached hydrogens (tertiary/aromatic N) is 3. The van der Waals surface area contributed by atoms with Crippen molar-refractivity contribution in [1.82, 2.24) is 14.8 Å². The molecular weight excluding hydrogens is 570 g/mol. The summed E-state index contributed by atoms with van der Waals surface area (Å²) < 4.78 is 11.9. The summed E-state index contributed by atoms with van der Waals surface area (Å²) in [6.07, 6.45) is 5.08. The van der Waals surface area contributed by atoms with Crippen molar-refractivity contribution in [2.24, 2.45) is 0 Å². The number of aryl methyl sites for hydroxylation is 2. The Morgan fingerprint density at radius 1 is 0.932 bits per heavy atom. The first-order valence-electron chi connectivity index (χ1n) is 15.1. The van der Waals surface area contributed by atoms with Crippen LogP contribution in [-0.2, 0) is 17.9 Å². The van der Waals surface area contributed by atoms with Gasteiger partial charge in [-0.1, -0.05) is 79.5 Å². The number of carbonyl (C=O) groups is 1. The Morgan fingerprint density at radius 2 is 1.64 bits per heavy atom. The van der Waals surface area contributed by atoms with E-state index in [-0.39, 0.29) is 5.91 Å². The Morgan fingerprint density at radius 3 is 2.27 bits per heavy atom. The van der Waals surface area contributed by atoms with E-state index in [0.717, 1.165) is 36.3 Å². The molecule has 0 radical (unpaired) electrons. The Bertz CT molecular complexity index is 1550. The average molecular weight is 610 g/mol. The topological polar surface area (TPSA) is 54.9 Å². The minimum Gasteiger partial charge on any atom is -0.487 e. The number of hydrogen-bond donors (Lipinski definition) is 0. The lowest BCUT2D eigenvalue weighted by Gasteiger charge is -2.34. The first-order chi connectivity index (χ1) is 21.2.